The minimum absolute atomic E-state index is 0.0443. The summed E-state index contributed by atoms with van der Waals surface area (Å²) in [5.74, 6) is 0.651. The van der Waals surface area contributed by atoms with Gasteiger partial charge in [0.25, 0.3) is 0 Å². The number of carbonyl (C=O) groups excluding carboxylic acids is 1. The molecule has 0 bridgehead atoms. The van der Waals surface area contributed by atoms with Gasteiger partial charge >= 0.3 is 0 Å². The number of rotatable bonds is 5. The molecule has 0 saturated carbocycles. The summed E-state index contributed by atoms with van der Waals surface area (Å²) in [6.45, 7) is 1.99. The largest absolute Gasteiger partial charge is 0.398 e. The third-order valence-electron chi connectivity index (χ3n) is 3.06. The van der Waals surface area contributed by atoms with Crippen LogP contribution in [0.2, 0.25) is 5.02 Å². The second-order valence-electron chi connectivity index (χ2n) is 4.60. The van der Waals surface area contributed by atoms with Crippen molar-refractivity contribution in [1.82, 2.24) is 0 Å². The van der Waals surface area contributed by atoms with Crippen LogP contribution in [0.1, 0.15) is 12.0 Å². The van der Waals surface area contributed by atoms with Gasteiger partial charge in [-0.25, -0.2) is 0 Å². The number of nitrogens with one attached hydrogen (secondary N) is 1. The van der Waals surface area contributed by atoms with Crippen LogP contribution in [-0.4, -0.2) is 11.7 Å². The Labute approximate surface area is 133 Å². The van der Waals surface area contributed by atoms with Gasteiger partial charge in [-0.05, 0) is 36.8 Å². The number of halogens is 1. The molecule has 1 amide bonds. The fraction of sp³-hybridized carbons (Fsp3) is 0.188. The predicted octanol–water partition coefficient (Wildman–Crippen LogP) is 4.35. The first-order chi connectivity index (χ1) is 10.1. The van der Waals surface area contributed by atoms with E-state index in [0.717, 1.165) is 16.1 Å². The Morgan fingerprint density at radius 2 is 2.00 bits per heavy atom. The summed E-state index contributed by atoms with van der Waals surface area (Å²) in [5, 5.41) is 3.36. The lowest BCUT2D eigenvalue weighted by Crippen LogP contribution is -2.12. The minimum atomic E-state index is -0.0443. The Balaban J connectivity index is 1.85. The fourth-order valence-electron chi connectivity index (χ4n) is 1.82. The summed E-state index contributed by atoms with van der Waals surface area (Å²) in [7, 11) is 0. The molecule has 0 aliphatic carbocycles. The highest BCUT2D eigenvalue weighted by Gasteiger charge is 2.07. The molecule has 3 nitrogen and oxygen atoms in total. The second kappa shape index (κ2) is 7.38. The number of nitrogens with two attached hydrogens (primary N) is 1. The van der Waals surface area contributed by atoms with E-state index >= 15 is 0 Å². The molecule has 3 N–H and O–H groups in total. The van der Waals surface area contributed by atoms with Crippen LogP contribution in [0.25, 0.3) is 0 Å². The number of carbonyl (C=O) groups is 1. The van der Waals surface area contributed by atoms with Crippen LogP contribution >= 0.6 is 23.4 Å². The Hall–Kier alpha value is -1.65. The average molecular weight is 321 g/mol. The highest BCUT2D eigenvalue weighted by molar-refractivity contribution is 7.99. The van der Waals surface area contributed by atoms with Crippen LogP contribution in [0.4, 0.5) is 11.4 Å². The van der Waals surface area contributed by atoms with Crippen molar-refractivity contribution in [2.45, 2.75) is 18.2 Å². The van der Waals surface area contributed by atoms with E-state index in [2.05, 4.69) is 5.32 Å². The van der Waals surface area contributed by atoms with Gasteiger partial charge in [-0.1, -0.05) is 29.8 Å². The van der Waals surface area contributed by atoms with E-state index in [1.165, 1.54) is 0 Å². The van der Waals surface area contributed by atoms with E-state index in [4.69, 9.17) is 17.3 Å². The van der Waals surface area contributed by atoms with Crippen molar-refractivity contribution in [3.05, 3.63) is 53.1 Å². The molecule has 0 spiro atoms. The first-order valence-corrected chi connectivity index (χ1v) is 7.96. The molecule has 110 valence electrons. The van der Waals surface area contributed by atoms with Gasteiger partial charge in [0.05, 0.1) is 10.7 Å². The molecule has 0 radical (unpaired) electrons. The number of hydrogen-bond donors (Lipinski definition) is 2. The van der Waals surface area contributed by atoms with Gasteiger partial charge in [-0.15, -0.1) is 11.8 Å². The van der Waals surface area contributed by atoms with E-state index in [1.807, 2.05) is 37.3 Å². The molecule has 21 heavy (non-hydrogen) atoms. The van der Waals surface area contributed by atoms with Crippen LogP contribution < -0.4 is 11.1 Å². The molecule has 2 rings (SSSR count). The molecule has 2 aromatic rings. The zero-order valence-electron chi connectivity index (χ0n) is 11.7. The van der Waals surface area contributed by atoms with Crippen molar-refractivity contribution in [3.8, 4) is 0 Å². The van der Waals surface area contributed by atoms with Gasteiger partial charge < -0.3 is 11.1 Å². The topological polar surface area (TPSA) is 55.1 Å². The predicted molar refractivity (Wildman–Crippen MR) is 91.0 cm³/mol. The molecule has 0 aliphatic heterocycles. The quantitative estimate of drug-likeness (QED) is 0.636. The van der Waals surface area contributed by atoms with Crippen LogP contribution in [-0.2, 0) is 4.79 Å². The standard InChI is InChI=1S/C16H17ClN2OS/c1-11-13(18)6-4-8-15(11)21-10-9-16(20)19-14-7-3-2-5-12(14)17/h2-8H,9-10,18H2,1H3,(H,19,20). The normalized spacial score (nSPS) is 10.4. The Morgan fingerprint density at radius 1 is 1.24 bits per heavy atom. The number of thioether (sulfide) groups is 1. The summed E-state index contributed by atoms with van der Waals surface area (Å²) >= 11 is 7.63. The third kappa shape index (κ3) is 4.41. The van der Waals surface area contributed by atoms with Crippen LogP contribution in [0.5, 0.6) is 0 Å². The maximum Gasteiger partial charge on any atom is 0.225 e. The summed E-state index contributed by atoms with van der Waals surface area (Å²) in [4.78, 5) is 13.0. The molecule has 0 saturated heterocycles. The molecular weight excluding hydrogens is 304 g/mol. The monoisotopic (exact) mass is 320 g/mol. The van der Waals surface area contributed by atoms with Crippen molar-refractivity contribution in [2.24, 2.45) is 0 Å². The lowest BCUT2D eigenvalue weighted by molar-refractivity contribution is -0.115. The van der Waals surface area contributed by atoms with Crippen molar-refractivity contribution in [2.75, 3.05) is 16.8 Å². The summed E-state index contributed by atoms with van der Waals surface area (Å²) in [6, 6.07) is 13.0. The maximum absolute atomic E-state index is 11.9. The Morgan fingerprint density at radius 3 is 2.76 bits per heavy atom. The van der Waals surface area contributed by atoms with E-state index in [9.17, 15) is 4.79 Å². The highest BCUT2D eigenvalue weighted by Crippen LogP contribution is 2.27. The van der Waals surface area contributed by atoms with E-state index in [1.54, 1.807) is 23.9 Å². The van der Waals surface area contributed by atoms with Gasteiger partial charge in [-0.3, -0.25) is 4.79 Å². The van der Waals surface area contributed by atoms with Crippen LogP contribution in [0, 0.1) is 6.92 Å². The molecule has 0 aromatic heterocycles. The number of nitrogen functional groups attached to an aromatic ring is 1. The molecule has 0 heterocycles. The number of amides is 1. The van der Waals surface area contributed by atoms with Crippen molar-refractivity contribution in [3.63, 3.8) is 0 Å². The molecule has 5 heteroatoms. The molecule has 0 aliphatic rings. The molecule has 0 atom stereocenters. The van der Waals surface area contributed by atoms with Crippen LogP contribution in [0.15, 0.2) is 47.4 Å². The van der Waals surface area contributed by atoms with Gasteiger partial charge in [-0.2, -0.15) is 0 Å². The van der Waals surface area contributed by atoms with Gasteiger partial charge in [0.2, 0.25) is 5.91 Å². The summed E-state index contributed by atoms with van der Waals surface area (Å²) in [5.41, 5.74) is 8.35. The van der Waals surface area contributed by atoms with Crippen molar-refractivity contribution >= 4 is 40.6 Å². The average Bonchev–Trinajstić information content (AvgIpc) is 2.46. The van der Waals surface area contributed by atoms with Crippen molar-refractivity contribution in [1.29, 1.82) is 0 Å². The fourth-order valence-corrected chi connectivity index (χ4v) is 3.02. The molecule has 0 fully saturated rings. The molecule has 2 aromatic carbocycles. The van der Waals surface area contributed by atoms with Crippen molar-refractivity contribution < 1.29 is 4.79 Å². The van der Waals surface area contributed by atoms with E-state index in [-0.39, 0.29) is 5.91 Å². The lowest BCUT2D eigenvalue weighted by Gasteiger charge is -2.09. The highest BCUT2D eigenvalue weighted by atomic mass is 35.5. The van der Waals surface area contributed by atoms with Gasteiger partial charge in [0.15, 0.2) is 0 Å². The number of para-hydroxylation sites is 1. The first-order valence-electron chi connectivity index (χ1n) is 6.60. The van der Waals surface area contributed by atoms with E-state index in [0.29, 0.717) is 22.9 Å². The Bertz CT molecular complexity index is 646. The van der Waals surface area contributed by atoms with Gasteiger partial charge in [0.1, 0.15) is 0 Å². The number of benzene rings is 2. The number of hydrogen-bond acceptors (Lipinski definition) is 3. The summed E-state index contributed by atoms with van der Waals surface area (Å²) in [6.07, 6.45) is 0.421. The zero-order valence-corrected chi connectivity index (χ0v) is 13.3. The number of anilines is 2. The second-order valence-corrected chi connectivity index (χ2v) is 6.14. The molecule has 0 unspecified atom stereocenters. The minimum Gasteiger partial charge on any atom is -0.398 e. The van der Waals surface area contributed by atoms with Gasteiger partial charge in [0, 0.05) is 22.8 Å². The SMILES string of the molecule is Cc1c(N)cccc1SCCC(=O)Nc1ccccc1Cl. The summed E-state index contributed by atoms with van der Waals surface area (Å²) < 4.78 is 0. The lowest BCUT2D eigenvalue weighted by atomic mass is 10.2. The maximum atomic E-state index is 11.9. The van der Waals surface area contributed by atoms with Crippen LogP contribution in [0.3, 0.4) is 0 Å². The zero-order chi connectivity index (χ0) is 15.2. The smallest absolute Gasteiger partial charge is 0.225 e. The van der Waals surface area contributed by atoms with E-state index < -0.39 is 0 Å². The first kappa shape index (κ1) is 15.7. The molecular formula is C16H17ClN2OS. The Kier molecular flexibility index (Phi) is 5.53. The third-order valence-corrected chi connectivity index (χ3v) is 4.55.